The molecular formula is C15H14O4. The summed E-state index contributed by atoms with van der Waals surface area (Å²) in [4.78, 5) is 11.3. The lowest BCUT2D eigenvalue weighted by atomic mass is 10.0. The summed E-state index contributed by atoms with van der Waals surface area (Å²) in [7, 11) is 0. The number of benzene rings is 2. The van der Waals surface area contributed by atoms with Crippen LogP contribution >= 0.6 is 0 Å². The number of rotatable bonds is 5. The van der Waals surface area contributed by atoms with Gasteiger partial charge in [0.15, 0.2) is 0 Å². The van der Waals surface area contributed by atoms with Crippen molar-refractivity contribution in [3.05, 3.63) is 60.2 Å². The maximum atomic E-state index is 11.3. The predicted molar refractivity (Wildman–Crippen MR) is 70.4 cm³/mol. The van der Waals surface area contributed by atoms with E-state index in [1.807, 2.05) is 6.07 Å². The first-order chi connectivity index (χ1) is 9.16. The molecule has 0 saturated carbocycles. The Morgan fingerprint density at radius 2 is 1.84 bits per heavy atom. The van der Waals surface area contributed by atoms with Crippen molar-refractivity contribution in [2.75, 3.05) is 6.61 Å². The van der Waals surface area contributed by atoms with Crippen LogP contribution in [0.2, 0.25) is 0 Å². The molecule has 0 heterocycles. The molecule has 2 aromatic carbocycles. The summed E-state index contributed by atoms with van der Waals surface area (Å²) in [5, 5.41) is 18.5. The van der Waals surface area contributed by atoms with E-state index in [1.54, 1.807) is 36.4 Å². The summed E-state index contributed by atoms with van der Waals surface area (Å²) in [6.07, 6.45) is 0. The van der Waals surface area contributed by atoms with E-state index < -0.39 is 11.9 Å². The first-order valence-electron chi connectivity index (χ1n) is 5.86. The number of phenols is 1. The fraction of sp³-hybridized carbons (Fsp3) is 0.133. The van der Waals surface area contributed by atoms with E-state index in [1.165, 1.54) is 12.1 Å². The molecule has 0 aromatic heterocycles. The van der Waals surface area contributed by atoms with Crippen LogP contribution in [0.25, 0.3) is 0 Å². The molecule has 0 bridgehead atoms. The third-order valence-electron chi connectivity index (χ3n) is 2.73. The van der Waals surface area contributed by atoms with Gasteiger partial charge in [0.05, 0.1) is 0 Å². The SMILES string of the molecule is O=C(O)C(COc1cccc(O)c1)c1ccccc1. The van der Waals surface area contributed by atoms with Crippen LogP contribution in [0.5, 0.6) is 11.5 Å². The highest BCUT2D eigenvalue weighted by Gasteiger charge is 2.20. The Labute approximate surface area is 110 Å². The number of phenolic OH excluding ortho intramolecular Hbond substituents is 1. The van der Waals surface area contributed by atoms with Gasteiger partial charge in [-0.25, -0.2) is 0 Å². The van der Waals surface area contributed by atoms with E-state index in [0.717, 1.165) is 0 Å². The number of hydrogen-bond donors (Lipinski definition) is 2. The molecule has 2 N–H and O–H groups in total. The Hall–Kier alpha value is -2.49. The van der Waals surface area contributed by atoms with Crippen molar-refractivity contribution >= 4 is 5.97 Å². The number of carbonyl (C=O) groups is 1. The number of carboxylic acids is 1. The average Bonchev–Trinajstić information content (AvgIpc) is 2.40. The highest BCUT2D eigenvalue weighted by Crippen LogP contribution is 2.21. The quantitative estimate of drug-likeness (QED) is 0.865. The van der Waals surface area contributed by atoms with Gasteiger partial charge in [-0.1, -0.05) is 36.4 Å². The summed E-state index contributed by atoms with van der Waals surface area (Å²) in [5.74, 6) is -1.14. The zero-order valence-electron chi connectivity index (χ0n) is 10.2. The number of aliphatic carboxylic acids is 1. The molecule has 19 heavy (non-hydrogen) atoms. The van der Waals surface area contributed by atoms with Crippen LogP contribution in [0.1, 0.15) is 11.5 Å². The Morgan fingerprint density at radius 1 is 1.11 bits per heavy atom. The van der Waals surface area contributed by atoms with Crippen LogP contribution in [0.4, 0.5) is 0 Å². The topological polar surface area (TPSA) is 66.8 Å². The number of ether oxygens (including phenoxy) is 1. The van der Waals surface area contributed by atoms with E-state index in [0.29, 0.717) is 11.3 Å². The van der Waals surface area contributed by atoms with Crippen LogP contribution in [0.3, 0.4) is 0 Å². The third kappa shape index (κ3) is 3.48. The summed E-state index contributed by atoms with van der Waals surface area (Å²) in [6.45, 7) is 0.0167. The Bertz CT molecular complexity index is 551. The molecule has 0 aliphatic rings. The number of aromatic hydroxyl groups is 1. The second-order valence-electron chi connectivity index (χ2n) is 4.11. The molecule has 1 atom stereocenters. The van der Waals surface area contributed by atoms with Crippen LogP contribution < -0.4 is 4.74 Å². The van der Waals surface area contributed by atoms with Crippen LogP contribution in [-0.4, -0.2) is 22.8 Å². The van der Waals surface area contributed by atoms with E-state index in [4.69, 9.17) is 4.74 Å². The first kappa shape index (κ1) is 13.0. The molecule has 1 unspecified atom stereocenters. The van der Waals surface area contributed by atoms with Gasteiger partial charge < -0.3 is 14.9 Å². The minimum Gasteiger partial charge on any atom is -0.508 e. The summed E-state index contributed by atoms with van der Waals surface area (Å²) in [6, 6.07) is 15.2. The van der Waals surface area contributed by atoms with Gasteiger partial charge in [-0.15, -0.1) is 0 Å². The molecule has 4 nitrogen and oxygen atoms in total. The third-order valence-corrected chi connectivity index (χ3v) is 2.73. The highest BCUT2D eigenvalue weighted by molar-refractivity contribution is 5.76. The molecule has 98 valence electrons. The Kier molecular flexibility index (Phi) is 4.03. The Balaban J connectivity index is 2.08. The van der Waals surface area contributed by atoms with Crippen molar-refractivity contribution in [2.45, 2.75) is 5.92 Å². The maximum absolute atomic E-state index is 11.3. The molecule has 0 amide bonds. The van der Waals surface area contributed by atoms with E-state index in [2.05, 4.69) is 0 Å². The molecule has 0 aliphatic heterocycles. The number of carboxylic acid groups (broad SMARTS) is 1. The van der Waals surface area contributed by atoms with E-state index >= 15 is 0 Å². The van der Waals surface area contributed by atoms with Crippen molar-refractivity contribution in [1.82, 2.24) is 0 Å². The zero-order chi connectivity index (χ0) is 13.7. The minimum absolute atomic E-state index is 0.0167. The standard InChI is InChI=1S/C15H14O4/c16-12-7-4-8-13(9-12)19-10-14(15(17)18)11-5-2-1-3-6-11/h1-9,14,16H,10H2,(H,17,18). The second kappa shape index (κ2) is 5.91. The van der Waals surface area contributed by atoms with E-state index in [-0.39, 0.29) is 12.4 Å². The van der Waals surface area contributed by atoms with Gasteiger partial charge in [0.25, 0.3) is 0 Å². The number of hydrogen-bond acceptors (Lipinski definition) is 3. The lowest BCUT2D eigenvalue weighted by Gasteiger charge is -2.14. The zero-order valence-corrected chi connectivity index (χ0v) is 10.2. The van der Waals surface area contributed by atoms with Gasteiger partial charge in [-0.3, -0.25) is 4.79 Å². The van der Waals surface area contributed by atoms with Crippen LogP contribution in [0.15, 0.2) is 54.6 Å². The van der Waals surface area contributed by atoms with Crippen molar-refractivity contribution in [3.63, 3.8) is 0 Å². The van der Waals surface area contributed by atoms with Crippen LogP contribution in [-0.2, 0) is 4.79 Å². The van der Waals surface area contributed by atoms with Crippen LogP contribution in [0, 0.1) is 0 Å². The predicted octanol–water partition coefficient (Wildman–Crippen LogP) is 2.64. The molecule has 2 rings (SSSR count). The normalized spacial score (nSPS) is 11.8. The molecule has 2 aromatic rings. The summed E-state index contributed by atoms with van der Waals surface area (Å²) < 4.78 is 5.42. The van der Waals surface area contributed by atoms with Gasteiger partial charge in [0.1, 0.15) is 24.0 Å². The smallest absolute Gasteiger partial charge is 0.314 e. The second-order valence-corrected chi connectivity index (χ2v) is 4.11. The van der Waals surface area contributed by atoms with Gasteiger partial charge in [-0.05, 0) is 17.7 Å². The highest BCUT2D eigenvalue weighted by atomic mass is 16.5. The largest absolute Gasteiger partial charge is 0.508 e. The lowest BCUT2D eigenvalue weighted by molar-refractivity contribution is -0.139. The van der Waals surface area contributed by atoms with Crippen molar-refractivity contribution < 1.29 is 19.7 Å². The summed E-state index contributed by atoms with van der Waals surface area (Å²) in [5.41, 5.74) is 0.690. The molecule has 0 radical (unpaired) electrons. The maximum Gasteiger partial charge on any atom is 0.314 e. The lowest BCUT2D eigenvalue weighted by Crippen LogP contribution is -2.19. The molecule has 0 saturated heterocycles. The molecule has 0 aliphatic carbocycles. The van der Waals surface area contributed by atoms with Crippen molar-refractivity contribution in [3.8, 4) is 11.5 Å². The van der Waals surface area contributed by atoms with Gasteiger partial charge >= 0.3 is 5.97 Å². The molecule has 0 spiro atoms. The van der Waals surface area contributed by atoms with Gasteiger partial charge in [0.2, 0.25) is 0 Å². The summed E-state index contributed by atoms with van der Waals surface area (Å²) >= 11 is 0. The molecular weight excluding hydrogens is 244 g/mol. The van der Waals surface area contributed by atoms with E-state index in [9.17, 15) is 15.0 Å². The van der Waals surface area contributed by atoms with Gasteiger partial charge in [0, 0.05) is 6.07 Å². The first-order valence-corrected chi connectivity index (χ1v) is 5.86. The fourth-order valence-electron chi connectivity index (χ4n) is 1.75. The van der Waals surface area contributed by atoms with Crippen molar-refractivity contribution in [1.29, 1.82) is 0 Å². The minimum atomic E-state index is -0.939. The molecule has 0 fully saturated rings. The van der Waals surface area contributed by atoms with Crippen molar-refractivity contribution in [2.24, 2.45) is 0 Å². The monoisotopic (exact) mass is 258 g/mol. The van der Waals surface area contributed by atoms with Gasteiger partial charge in [-0.2, -0.15) is 0 Å². The molecule has 4 heteroatoms. The average molecular weight is 258 g/mol. The fourth-order valence-corrected chi connectivity index (χ4v) is 1.75. The Morgan fingerprint density at radius 3 is 2.47 bits per heavy atom.